The summed E-state index contributed by atoms with van der Waals surface area (Å²) in [5.41, 5.74) is 1.63. The molecule has 2 aliphatic rings. The quantitative estimate of drug-likeness (QED) is 0.761. The van der Waals surface area contributed by atoms with Crippen LogP contribution in [0.15, 0.2) is 59.5 Å². The second-order valence-electron chi connectivity index (χ2n) is 7.58. The van der Waals surface area contributed by atoms with Gasteiger partial charge in [-0.1, -0.05) is 18.2 Å². The third-order valence-electron chi connectivity index (χ3n) is 5.69. The SMILES string of the molecule is O=C(NCC1CCCN1c1ccccc1)c1ccc(S(=O)(=O)N2CCOCC2)cc1. The molecule has 0 bridgehead atoms. The van der Waals surface area contributed by atoms with Gasteiger partial charge in [-0.2, -0.15) is 4.31 Å². The van der Waals surface area contributed by atoms with Crippen LogP contribution in [0.3, 0.4) is 0 Å². The fourth-order valence-electron chi connectivity index (χ4n) is 4.03. The van der Waals surface area contributed by atoms with E-state index in [9.17, 15) is 13.2 Å². The van der Waals surface area contributed by atoms with Crippen molar-refractivity contribution in [3.8, 4) is 0 Å². The second kappa shape index (κ2) is 9.16. The topological polar surface area (TPSA) is 79.0 Å². The maximum absolute atomic E-state index is 12.7. The van der Waals surface area contributed by atoms with Gasteiger partial charge >= 0.3 is 0 Å². The predicted molar refractivity (Wildman–Crippen MR) is 115 cm³/mol. The van der Waals surface area contributed by atoms with E-state index in [4.69, 9.17) is 4.74 Å². The zero-order valence-corrected chi connectivity index (χ0v) is 17.7. The van der Waals surface area contributed by atoms with Crippen molar-refractivity contribution in [2.45, 2.75) is 23.8 Å². The molecule has 30 heavy (non-hydrogen) atoms. The molecule has 1 amide bonds. The summed E-state index contributed by atoms with van der Waals surface area (Å²) in [6, 6.07) is 16.7. The van der Waals surface area contributed by atoms with Gasteiger partial charge in [0.05, 0.1) is 18.1 Å². The Morgan fingerprint density at radius 1 is 1.00 bits per heavy atom. The molecule has 1 unspecified atom stereocenters. The lowest BCUT2D eigenvalue weighted by Gasteiger charge is -2.27. The molecule has 2 aromatic rings. The number of para-hydroxylation sites is 1. The third kappa shape index (κ3) is 4.50. The first kappa shape index (κ1) is 20.8. The normalized spacial score (nSPS) is 20.3. The van der Waals surface area contributed by atoms with Gasteiger partial charge in [-0.25, -0.2) is 8.42 Å². The Balaban J connectivity index is 1.37. The van der Waals surface area contributed by atoms with Crippen LogP contribution in [0.1, 0.15) is 23.2 Å². The standard InChI is InChI=1S/C22H27N3O4S/c26-22(23-17-20-7-4-12-25(20)19-5-2-1-3-6-19)18-8-10-21(11-9-18)30(27,28)24-13-15-29-16-14-24/h1-3,5-6,8-11,20H,4,7,12-17H2,(H,23,26). The van der Waals surface area contributed by atoms with Crippen LogP contribution < -0.4 is 10.2 Å². The molecule has 2 aliphatic heterocycles. The smallest absolute Gasteiger partial charge is 0.251 e. The maximum Gasteiger partial charge on any atom is 0.251 e. The number of carbonyl (C=O) groups excluding carboxylic acids is 1. The van der Waals surface area contributed by atoms with E-state index in [0.29, 0.717) is 38.4 Å². The molecule has 0 saturated carbocycles. The first-order chi connectivity index (χ1) is 14.6. The van der Waals surface area contributed by atoms with Crippen molar-refractivity contribution >= 4 is 21.6 Å². The molecule has 4 rings (SSSR count). The summed E-state index contributed by atoms with van der Waals surface area (Å²) in [4.78, 5) is 15.1. The summed E-state index contributed by atoms with van der Waals surface area (Å²) in [5.74, 6) is -0.190. The van der Waals surface area contributed by atoms with E-state index in [1.807, 2.05) is 18.2 Å². The summed E-state index contributed by atoms with van der Waals surface area (Å²) in [5, 5.41) is 3.01. The first-order valence-corrected chi connectivity index (χ1v) is 11.8. The Labute approximate surface area is 177 Å². The van der Waals surface area contributed by atoms with Gasteiger partial charge in [0.1, 0.15) is 0 Å². The Morgan fingerprint density at radius 2 is 1.70 bits per heavy atom. The van der Waals surface area contributed by atoms with Gasteiger partial charge in [0.25, 0.3) is 5.91 Å². The Bertz CT molecular complexity index is 958. The Morgan fingerprint density at radius 3 is 2.40 bits per heavy atom. The zero-order chi connectivity index (χ0) is 21.0. The molecule has 160 valence electrons. The van der Waals surface area contributed by atoms with E-state index < -0.39 is 10.0 Å². The number of anilines is 1. The first-order valence-electron chi connectivity index (χ1n) is 10.3. The molecule has 7 nitrogen and oxygen atoms in total. The number of hydrogen-bond acceptors (Lipinski definition) is 5. The number of carbonyl (C=O) groups is 1. The van der Waals surface area contributed by atoms with Crippen LogP contribution >= 0.6 is 0 Å². The predicted octanol–water partition coefficient (Wildman–Crippen LogP) is 2.11. The van der Waals surface area contributed by atoms with E-state index in [2.05, 4.69) is 22.3 Å². The number of amides is 1. The lowest BCUT2D eigenvalue weighted by atomic mass is 10.1. The van der Waals surface area contributed by atoms with Gasteiger partial charge < -0.3 is 15.0 Å². The van der Waals surface area contributed by atoms with E-state index in [0.717, 1.165) is 19.4 Å². The second-order valence-corrected chi connectivity index (χ2v) is 9.51. The maximum atomic E-state index is 12.7. The molecular weight excluding hydrogens is 402 g/mol. The summed E-state index contributed by atoms with van der Waals surface area (Å²) in [6.07, 6.45) is 2.13. The van der Waals surface area contributed by atoms with Gasteiger partial charge in [-0.15, -0.1) is 0 Å². The van der Waals surface area contributed by atoms with Gasteiger partial charge in [-0.3, -0.25) is 4.79 Å². The van der Waals surface area contributed by atoms with Crippen LogP contribution in [0.25, 0.3) is 0 Å². The number of hydrogen-bond donors (Lipinski definition) is 1. The van der Waals surface area contributed by atoms with Gasteiger partial charge in [0, 0.05) is 43.5 Å². The van der Waals surface area contributed by atoms with Crippen LogP contribution in [0.2, 0.25) is 0 Å². The largest absolute Gasteiger partial charge is 0.379 e. The van der Waals surface area contributed by atoms with Crippen molar-refractivity contribution in [3.63, 3.8) is 0 Å². The van der Waals surface area contributed by atoms with Crippen molar-refractivity contribution in [3.05, 3.63) is 60.2 Å². The molecule has 0 aliphatic carbocycles. The molecule has 2 aromatic carbocycles. The number of rotatable bonds is 6. The average Bonchev–Trinajstić information content (AvgIpc) is 3.27. The molecule has 0 spiro atoms. The molecular formula is C22H27N3O4S. The molecule has 1 N–H and O–H groups in total. The Kier molecular flexibility index (Phi) is 6.36. The van der Waals surface area contributed by atoms with Crippen LogP contribution in [0, 0.1) is 0 Å². The van der Waals surface area contributed by atoms with Crippen LogP contribution in [0.5, 0.6) is 0 Å². The summed E-state index contributed by atoms with van der Waals surface area (Å²) in [7, 11) is -3.55. The van der Waals surface area contributed by atoms with E-state index in [-0.39, 0.29) is 16.8 Å². The summed E-state index contributed by atoms with van der Waals surface area (Å²) < 4.78 is 32.1. The van der Waals surface area contributed by atoms with Crippen LogP contribution in [-0.2, 0) is 14.8 Å². The summed E-state index contributed by atoms with van der Waals surface area (Å²) in [6.45, 7) is 3.05. The van der Waals surface area contributed by atoms with Crippen LogP contribution in [-0.4, -0.2) is 64.1 Å². The molecule has 8 heteroatoms. The summed E-state index contributed by atoms with van der Waals surface area (Å²) >= 11 is 0. The third-order valence-corrected chi connectivity index (χ3v) is 7.60. The highest BCUT2D eigenvalue weighted by molar-refractivity contribution is 7.89. The molecule has 2 fully saturated rings. The lowest BCUT2D eigenvalue weighted by molar-refractivity contribution is 0.0730. The Hall–Kier alpha value is -2.42. The van der Waals surface area contributed by atoms with Crippen molar-refractivity contribution in [2.24, 2.45) is 0 Å². The van der Waals surface area contributed by atoms with Crippen molar-refractivity contribution in [1.29, 1.82) is 0 Å². The van der Waals surface area contributed by atoms with Gasteiger partial charge in [0.15, 0.2) is 0 Å². The highest BCUT2D eigenvalue weighted by atomic mass is 32.2. The monoisotopic (exact) mass is 429 g/mol. The van der Waals surface area contributed by atoms with E-state index in [1.54, 1.807) is 12.1 Å². The zero-order valence-electron chi connectivity index (χ0n) is 16.9. The minimum Gasteiger partial charge on any atom is -0.379 e. The molecule has 2 heterocycles. The highest BCUT2D eigenvalue weighted by Crippen LogP contribution is 2.25. The van der Waals surface area contributed by atoms with Gasteiger partial charge in [-0.05, 0) is 49.2 Å². The minimum atomic E-state index is -3.55. The van der Waals surface area contributed by atoms with Crippen molar-refractivity contribution in [2.75, 3.05) is 44.3 Å². The lowest BCUT2D eigenvalue weighted by Crippen LogP contribution is -2.40. The number of benzene rings is 2. The minimum absolute atomic E-state index is 0.190. The number of nitrogens with one attached hydrogen (secondary N) is 1. The average molecular weight is 430 g/mol. The number of nitrogens with zero attached hydrogens (tertiary/aromatic N) is 2. The van der Waals surface area contributed by atoms with E-state index >= 15 is 0 Å². The molecule has 0 aromatic heterocycles. The number of morpholine rings is 1. The van der Waals surface area contributed by atoms with E-state index in [1.165, 1.54) is 22.1 Å². The van der Waals surface area contributed by atoms with Crippen molar-refractivity contribution < 1.29 is 17.9 Å². The van der Waals surface area contributed by atoms with Gasteiger partial charge in [0.2, 0.25) is 10.0 Å². The van der Waals surface area contributed by atoms with Crippen molar-refractivity contribution in [1.82, 2.24) is 9.62 Å². The molecule has 2 saturated heterocycles. The molecule has 0 radical (unpaired) electrons. The highest BCUT2D eigenvalue weighted by Gasteiger charge is 2.27. The fraction of sp³-hybridized carbons (Fsp3) is 0.409. The molecule has 1 atom stereocenters. The number of ether oxygens (including phenoxy) is 1. The van der Waals surface area contributed by atoms with Crippen LogP contribution in [0.4, 0.5) is 5.69 Å². The number of sulfonamides is 1. The fourth-order valence-corrected chi connectivity index (χ4v) is 5.44.